The number of ether oxygens (including phenoxy) is 1. The zero-order valence-electron chi connectivity index (χ0n) is 17.2. The average molecular weight is 435 g/mol. The highest BCUT2D eigenvalue weighted by Gasteiger charge is 2.20. The van der Waals surface area contributed by atoms with Gasteiger partial charge in [0.1, 0.15) is 5.65 Å². The van der Waals surface area contributed by atoms with Crippen LogP contribution in [0.25, 0.3) is 16.6 Å². The quantitative estimate of drug-likeness (QED) is 0.355. The van der Waals surface area contributed by atoms with Crippen LogP contribution in [-0.2, 0) is 17.0 Å². The maximum Gasteiger partial charge on any atom is 0.262 e. The van der Waals surface area contributed by atoms with Crippen LogP contribution >= 0.6 is 11.8 Å². The van der Waals surface area contributed by atoms with Gasteiger partial charge in [-0.1, -0.05) is 30.0 Å². The predicted molar refractivity (Wildman–Crippen MR) is 121 cm³/mol. The molecule has 1 fully saturated rings. The van der Waals surface area contributed by atoms with Gasteiger partial charge in [-0.3, -0.25) is 18.6 Å². The number of benzene rings is 1. The van der Waals surface area contributed by atoms with E-state index in [1.54, 1.807) is 27.3 Å². The highest BCUT2D eigenvalue weighted by molar-refractivity contribution is 7.98. The Morgan fingerprint density at radius 1 is 1.16 bits per heavy atom. The van der Waals surface area contributed by atoms with Gasteiger partial charge in [-0.2, -0.15) is 0 Å². The van der Waals surface area contributed by atoms with E-state index in [0.717, 1.165) is 25.0 Å². The van der Waals surface area contributed by atoms with Gasteiger partial charge in [0.05, 0.1) is 29.2 Å². The van der Waals surface area contributed by atoms with Crippen LogP contribution < -0.4 is 11.1 Å². The van der Waals surface area contributed by atoms with Crippen molar-refractivity contribution >= 4 is 28.3 Å². The monoisotopic (exact) mass is 434 g/mol. The molecule has 0 aliphatic carbocycles. The van der Waals surface area contributed by atoms with Crippen molar-refractivity contribution in [3.8, 4) is 0 Å². The maximum absolute atomic E-state index is 13.2. The van der Waals surface area contributed by atoms with Crippen LogP contribution in [0.5, 0.6) is 0 Å². The lowest BCUT2D eigenvalue weighted by Crippen LogP contribution is -2.28. The number of aromatic nitrogens is 4. The van der Waals surface area contributed by atoms with E-state index in [2.05, 4.69) is 4.98 Å². The fourth-order valence-electron chi connectivity index (χ4n) is 3.93. The molecule has 0 N–H and O–H groups in total. The van der Waals surface area contributed by atoms with Crippen LogP contribution in [0.2, 0.25) is 0 Å². The van der Waals surface area contributed by atoms with Gasteiger partial charge in [0.15, 0.2) is 5.16 Å². The smallest absolute Gasteiger partial charge is 0.262 e. The molecular formula is C23H22N4O3S. The summed E-state index contributed by atoms with van der Waals surface area (Å²) in [4.78, 5) is 35.1. The highest BCUT2D eigenvalue weighted by atomic mass is 32.2. The fraction of sp³-hybridized carbons (Fsp3) is 0.304. The molecule has 1 atom stereocenters. The second kappa shape index (κ2) is 8.28. The van der Waals surface area contributed by atoms with Crippen molar-refractivity contribution in [3.63, 3.8) is 0 Å². The summed E-state index contributed by atoms with van der Waals surface area (Å²) in [5.41, 5.74) is 2.73. The standard InChI is InChI=1S/C23H22N4O3S/c1-15-6-4-10-26-20(28)12-16(24-21(15)26)14-31-23-25-19-9-3-2-8-18(19)22(29)27(23)13-17-7-5-11-30-17/h2-4,6,8-10,12,17H,5,7,11,13-14H2,1H3. The molecule has 158 valence electrons. The molecule has 0 saturated carbocycles. The van der Waals surface area contributed by atoms with Gasteiger partial charge in [-0.25, -0.2) is 9.97 Å². The van der Waals surface area contributed by atoms with Gasteiger partial charge in [-0.05, 0) is 43.5 Å². The third-order valence-corrected chi connectivity index (χ3v) is 6.54. The number of hydrogen-bond acceptors (Lipinski definition) is 6. The maximum atomic E-state index is 13.2. The fourth-order valence-corrected chi connectivity index (χ4v) is 4.83. The first-order valence-corrected chi connectivity index (χ1v) is 11.3. The molecule has 1 aromatic carbocycles. The zero-order chi connectivity index (χ0) is 21.4. The number of fused-ring (bicyclic) bond motifs is 2. The largest absolute Gasteiger partial charge is 0.376 e. The summed E-state index contributed by atoms with van der Waals surface area (Å²) >= 11 is 1.42. The number of para-hydroxylation sites is 1. The van der Waals surface area contributed by atoms with Crippen molar-refractivity contribution in [2.75, 3.05) is 6.61 Å². The Hall–Kier alpha value is -2.97. The average Bonchev–Trinajstić information content (AvgIpc) is 3.29. The Kier molecular flexibility index (Phi) is 5.33. The minimum Gasteiger partial charge on any atom is -0.376 e. The lowest BCUT2D eigenvalue weighted by atomic mass is 10.2. The first-order valence-electron chi connectivity index (χ1n) is 10.3. The van der Waals surface area contributed by atoms with Crippen molar-refractivity contribution in [2.45, 2.75) is 43.3 Å². The van der Waals surface area contributed by atoms with Crippen LogP contribution in [-0.4, -0.2) is 31.6 Å². The summed E-state index contributed by atoms with van der Waals surface area (Å²) < 4.78 is 9.02. The van der Waals surface area contributed by atoms with Gasteiger partial charge < -0.3 is 4.74 Å². The molecule has 3 aromatic heterocycles. The molecule has 7 nitrogen and oxygen atoms in total. The molecule has 1 saturated heterocycles. The molecule has 0 radical (unpaired) electrons. The van der Waals surface area contributed by atoms with Crippen molar-refractivity contribution in [2.24, 2.45) is 0 Å². The first-order chi connectivity index (χ1) is 15.1. The minimum absolute atomic E-state index is 0.0195. The SMILES string of the molecule is Cc1cccn2c(=O)cc(CSc3nc4ccccc4c(=O)n3CC3CCCO3)nc12. The van der Waals surface area contributed by atoms with Crippen molar-refractivity contribution < 1.29 is 4.74 Å². The molecule has 0 bridgehead atoms. The van der Waals surface area contributed by atoms with E-state index in [-0.39, 0.29) is 17.2 Å². The topological polar surface area (TPSA) is 78.5 Å². The molecule has 4 heterocycles. The molecule has 4 aromatic rings. The van der Waals surface area contributed by atoms with E-state index in [1.165, 1.54) is 11.8 Å². The van der Waals surface area contributed by atoms with Crippen molar-refractivity contribution in [1.29, 1.82) is 0 Å². The van der Waals surface area contributed by atoms with Gasteiger partial charge in [0.25, 0.3) is 11.1 Å². The number of aryl methyl sites for hydroxylation is 1. The summed E-state index contributed by atoms with van der Waals surface area (Å²) in [6, 6.07) is 12.7. The van der Waals surface area contributed by atoms with E-state index in [9.17, 15) is 9.59 Å². The number of hydrogen-bond donors (Lipinski definition) is 0. The Labute approximate surface area is 182 Å². The summed E-state index contributed by atoms with van der Waals surface area (Å²) in [7, 11) is 0. The van der Waals surface area contributed by atoms with Gasteiger partial charge >= 0.3 is 0 Å². The normalized spacial score (nSPS) is 16.4. The Morgan fingerprint density at radius 2 is 2.03 bits per heavy atom. The summed E-state index contributed by atoms with van der Waals surface area (Å²) in [5, 5.41) is 1.22. The second-order valence-electron chi connectivity index (χ2n) is 7.72. The van der Waals surface area contributed by atoms with E-state index in [4.69, 9.17) is 9.72 Å². The lowest BCUT2D eigenvalue weighted by molar-refractivity contribution is 0.0937. The van der Waals surface area contributed by atoms with Crippen LogP contribution in [0.1, 0.15) is 24.1 Å². The summed E-state index contributed by atoms with van der Waals surface area (Å²) in [6.07, 6.45) is 3.68. The first kappa shape index (κ1) is 20.0. The second-order valence-corrected chi connectivity index (χ2v) is 8.66. The van der Waals surface area contributed by atoms with Crippen molar-refractivity contribution in [1.82, 2.24) is 18.9 Å². The van der Waals surface area contributed by atoms with Gasteiger partial charge in [0, 0.05) is 24.6 Å². The zero-order valence-corrected chi connectivity index (χ0v) is 18.0. The number of nitrogens with zero attached hydrogens (tertiary/aromatic N) is 4. The van der Waals surface area contributed by atoms with E-state index in [1.807, 2.05) is 37.3 Å². The predicted octanol–water partition coefficient (Wildman–Crippen LogP) is 3.18. The van der Waals surface area contributed by atoms with Crippen LogP contribution in [0.15, 0.2) is 63.4 Å². The van der Waals surface area contributed by atoms with Crippen LogP contribution in [0.4, 0.5) is 0 Å². The summed E-state index contributed by atoms with van der Waals surface area (Å²) in [6.45, 7) is 3.14. The van der Waals surface area contributed by atoms with Gasteiger partial charge in [-0.15, -0.1) is 0 Å². The molecule has 8 heteroatoms. The molecule has 0 amide bonds. The molecule has 0 spiro atoms. The van der Waals surface area contributed by atoms with E-state index < -0.39 is 0 Å². The number of rotatable bonds is 5. The molecule has 31 heavy (non-hydrogen) atoms. The third-order valence-electron chi connectivity index (χ3n) is 5.53. The van der Waals surface area contributed by atoms with E-state index in [0.29, 0.717) is 39.7 Å². The lowest BCUT2D eigenvalue weighted by Gasteiger charge is -2.16. The Morgan fingerprint density at radius 3 is 2.87 bits per heavy atom. The third kappa shape index (κ3) is 3.88. The number of thioether (sulfide) groups is 1. The van der Waals surface area contributed by atoms with Crippen molar-refractivity contribution in [3.05, 3.63) is 80.6 Å². The molecule has 1 unspecified atom stereocenters. The molecule has 1 aliphatic rings. The highest BCUT2D eigenvalue weighted by Crippen LogP contribution is 2.23. The molecular weight excluding hydrogens is 412 g/mol. The number of pyridine rings is 1. The van der Waals surface area contributed by atoms with Crippen LogP contribution in [0, 0.1) is 6.92 Å². The van der Waals surface area contributed by atoms with Gasteiger partial charge in [0.2, 0.25) is 0 Å². The molecule has 1 aliphatic heterocycles. The van der Waals surface area contributed by atoms with E-state index >= 15 is 0 Å². The Bertz CT molecular complexity index is 1390. The Balaban J connectivity index is 1.52. The summed E-state index contributed by atoms with van der Waals surface area (Å²) in [5.74, 6) is 0.441. The molecule has 5 rings (SSSR count). The van der Waals surface area contributed by atoms with Crippen LogP contribution in [0.3, 0.4) is 0 Å². The minimum atomic E-state index is -0.118.